The van der Waals surface area contributed by atoms with Gasteiger partial charge >= 0.3 is 0 Å². The van der Waals surface area contributed by atoms with Crippen molar-refractivity contribution in [3.05, 3.63) is 52.8 Å². The Morgan fingerprint density at radius 3 is 2.89 bits per heavy atom. The summed E-state index contributed by atoms with van der Waals surface area (Å²) in [6.45, 7) is 0.627. The quantitative estimate of drug-likeness (QED) is 0.661. The van der Waals surface area contributed by atoms with Crippen LogP contribution in [0.5, 0.6) is 0 Å². The van der Waals surface area contributed by atoms with Crippen LogP contribution in [0.3, 0.4) is 0 Å². The molecular weight excluding hydrogens is 262 g/mol. The van der Waals surface area contributed by atoms with Crippen LogP contribution in [-0.4, -0.2) is 22.9 Å². The SMILES string of the molecule is CN(Cc1cccc(Cl)c1)c1nccc(C(=N)N)n1. The number of aromatic nitrogens is 2. The van der Waals surface area contributed by atoms with Crippen molar-refractivity contribution >= 4 is 23.4 Å². The molecule has 6 heteroatoms. The molecule has 0 atom stereocenters. The number of anilines is 1. The van der Waals surface area contributed by atoms with Crippen LogP contribution in [0.1, 0.15) is 11.3 Å². The number of amidine groups is 1. The second kappa shape index (κ2) is 5.67. The van der Waals surface area contributed by atoms with Crippen LogP contribution in [0, 0.1) is 5.41 Å². The highest BCUT2D eigenvalue weighted by Gasteiger charge is 2.07. The second-order valence-electron chi connectivity index (χ2n) is 4.14. The first kappa shape index (κ1) is 13.3. The molecule has 0 bridgehead atoms. The van der Waals surface area contributed by atoms with E-state index in [9.17, 15) is 0 Å². The number of hydrogen-bond acceptors (Lipinski definition) is 4. The van der Waals surface area contributed by atoms with Gasteiger partial charge in [-0.2, -0.15) is 0 Å². The summed E-state index contributed by atoms with van der Waals surface area (Å²) in [6.07, 6.45) is 1.59. The molecule has 0 aliphatic rings. The molecule has 0 saturated carbocycles. The minimum Gasteiger partial charge on any atom is -0.382 e. The Hall–Kier alpha value is -2.14. The first-order chi connectivity index (χ1) is 9.06. The summed E-state index contributed by atoms with van der Waals surface area (Å²) in [7, 11) is 1.88. The summed E-state index contributed by atoms with van der Waals surface area (Å²) in [6, 6.07) is 9.22. The lowest BCUT2D eigenvalue weighted by Crippen LogP contribution is -2.21. The van der Waals surface area contributed by atoms with Gasteiger partial charge in [0.2, 0.25) is 5.95 Å². The first-order valence-corrected chi connectivity index (χ1v) is 6.07. The molecule has 0 radical (unpaired) electrons. The van der Waals surface area contributed by atoms with Gasteiger partial charge in [-0.15, -0.1) is 0 Å². The van der Waals surface area contributed by atoms with Crippen LogP contribution < -0.4 is 10.6 Å². The van der Waals surface area contributed by atoms with Crippen LogP contribution in [-0.2, 0) is 6.54 Å². The zero-order valence-corrected chi connectivity index (χ0v) is 11.2. The summed E-state index contributed by atoms with van der Waals surface area (Å²) in [4.78, 5) is 10.3. The third-order valence-corrected chi connectivity index (χ3v) is 2.80. The van der Waals surface area contributed by atoms with Crippen molar-refractivity contribution in [1.29, 1.82) is 5.41 Å². The van der Waals surface area contributed by atoms with Gasteiger partial charge in [0.25, 0.3) is 0 Å². The Morgan fingerprint density at radius 1 is 1.42 bits per heavy atom. The van der Waals surface area contributed by atoms with Gasteiger partial charge in [-0.25, -0.2) is 9.97 Å². The highest BCUT2D eigenvalue weighted by atomic mass is 35.5. The summed E-state index contributed by atoms with van der Waals surface area (Å²) in [5.41, 5.74) is 6.89. The molecule has 0 aliphatic heterocycles. The predicted molar refractivity (Wildman–Crippen MR) is 76.6 cm³/mol. The number of benzene rings is 1. The van der Waals surface area contributed by atoms with Gasteiger partial charge in [0, 0.05) is 24.8 Å². The average molecular weight is 276 g/mol. The minimum atomic E-state index is -0.0696. The third kappa shape index (κ3) is 3.42. The lowest BCUT2D eigenvalue weighted by atomic mass is 10.2. The molecular formula is C13H14ClN5. The van der Waals surface area contributed by atoms with E-state index in [4.69, 9.17) is 22.7 Å². The Labute approximate surface area is 116 Å². The first-order valence-electron chi connectivity index (χ1n) is 5.69. The van der Waals surface area contributed by atoms with E-state index < -0.39 is 0 Å². The third-order valence-electron chi connectivity index (χ3n) is 2.57. The van der Waals surface area contributed by atoms with E-state index in [-0.39, 0.29) is 5.84 Å². The average Bonchev–Trinajstić information content (AvgIpc) is 2.39. The fourth-order valence-corrected chi connectivity index (χ4v) is 1.88. The molecule has 2 rings (SSSR count). The summed E-state index contributed by atoms with van der Waals surface area (Å²) >= 11 is 5.95. The smallest absolute Gasteiger partial charge is 0.226 e. The molecule has 2 aromatic rings. The van der Waals surface area contributed by atoms with Crippen LogP contribution >= 0.6 is 11.6 Å². The molecule has 1 aromatic carbocycles. The fraction of sp³-hybridized carbons (Fsp3) is 0.154. The van der Waals surface area contributed by atoms with E-state index in [0.29, 0.717) is 23.2 Å². The molecule has 1 aromatic heterocycles. The summed E-state index contributed by atoms with van der Waals surface area (Å²) < 4.78 is 0. The lowest BCUT2D eigenvalue weighted by Gasteiger charge is -2.17. The highest BCUT2D eigenvalue weighted by Crippen LogP contribution is 2.14. The standard InChI is InChI=1S/C13H14ClN5/c1-19(8-9-3-2-4-10(14)7-9)13-17-6-5-11(18-13)12(15)16/h2-7H,8H2,1H3,(H3,15,16). The zero-order valence-electron chi connectivity index (χ0n) is 10.5. The van der Waals surface area contributed by atoms with Crippen LogP contribution in [0.2, 0.25) is 5.02 Å². The lowest BCUT2D eigenvalue weighted by molar-refractivity contribution is 0.864. The molecule has 98 valence electrons. The van der Waals surface area contributed by atoms with Crippen molar-refractivity contribution < 1.29 is 0 Å². The van der Waals surface area contributed by atoms with E-state index >= 15 is 0 Å². The molecule has 19 heavy (non-hydrogen) atoms. The molecule has 5 nitrogen and oxygen atoms in total. The maximum absolute atomic E-state index is 7.37. The van der Waals surface area contributed by atoms with Gasteiger partial charge < -0.3 is 10.6 Å². The number of nitrogens with zero attached hydrogens (tertiary/aromatic N) is 3. The number of nitrogen functional groups attached to an aromatic ring is 1. The predicted octanol–water partition coefficient (Wildman–Crippen LogP) is 2.05. The van der Waals surface area contributed by atoms with Gasteiger partial charge in [0.1, 0.15) is 11.5 Å². The fourth-order valence-electron chi connectivity index (χ4n) is 1.66. The van der Waals surface area contributed by atoms with Crippen molar-refractivity contribution in [3.8, 4) is 0 Å². The van der Waals surface area contributed by atoms with Crippen molar-refractivity contribution in [3.63, 3.8) is 0 Å². The van der Waals surface area contributed by atoms with Gasteiger partial charge in [0.15, 0.2) is 0 Å². The largest absolute Gasteiger partial charge is 0.382 e. The van der Waals surface area contributed by atoms with Gasteiger partial charge in [-0.05, 0) is 23.8 Å². The molecule has 0 fully saturated rings. The summed E-state index contributed by atoms with van der Waals surface area (Å²) in [5.74, 6) is 0.451. The van der Waals surface area contributed by atoms with Crippen molar-refractivity contribution in [1.82, 2.24) is 9.97 Å². The number of nitrogens with one attached hydrogen (secondary N) is 1. The monoisotopic (exact) mass is 275 g/mol. The van der Waals surface area contributed by atoms with Gasteiger partial charge in [-0.1, -0.05) is 23.7 Å². The molecule has 0 aliphatic carbocycles. The second-order valence-corrected chi connectivity index (χ2v) is 4.58. The van der Waals surface area contributed by atoms with Crippen LogP contribution in [0.4, 0.5) is 5.95 Å². The molecule has 1 heterocycles. The highest BCUT2D eigenvalue weighted by molar-refractivity contribution is 6.30. The van der Waals surface area contributed by atoms with E-state index in [1.165, 1.54) is 0 Å². The normalized spacial score (nSPS) is 10.2. The van der Waals surface area contributed by atoms with E-state index in [1.54, 1.807) is 12.3 Å². The van der Waals surface area contributed by atoms with E-state index in [2.05, 4.69) is 9.97 Å². The molecule has 3 N–H and O–H groups in total. The number of halogens is 1. The molecule has 0 spiro atoms. The molecule has 0 saturated heterocycles. The summed E-state index contributed by atoms with van der Waals surface area (Å²) in [5, 5.41) is 8.07. The molecule has 0 amide bonds. The van der Waals surface area contributed by atoms with Crippen molar-refractivity contribution in [2.45, 2.75) is 6.54 Å². The number of hydrogen-bond donors (Lipinski definition) is 2. The van der Waals surface area contributed by atoms with Crippen LogP contribution in [0.15, 0.2) is 36.5 Å². The topological polar surface area (TPSA) is 78.9 Å². The maximum atomic E-state index is 7.37. The van der Waals surface area contributed by atoms with Gasteiger partial charge in [-0.3, -0.25) is 5.41 Å². The number of rotatable bonds is 4. The maximum Gasteiger partial charge on any atom is 0.226 e. The van der Waals surface area contributed by atoms with Crippen LogP contribution in [0.25, 0.3) is 0 Å². The van der Waals surface area contributed by atoms with Crippen molar-refractivity contribution in [2.75, 3.05) is 11.9 Å². The molecule has 0 unspecified atom stereocenters. The van der Waals surface area contributed by atoms with Crippen molar-refractivity contribution in [2.24, 2.45) is 5.73 Å². The Bertz CT molecular complexity index is 599. The Morgan fingerprint density at radius 2 is 2.21 bits per heavy atom. The van der Waals surface area contributed by atoms with E-state index in [0.717, 1.165) is 5.56 Å². The zero-order chi connectivity index (χ0) is 13.8. The van der Waals surface area contributed by atoms with Gasteiger partial charge in [0.05, 0.1) is 0 Å². The minimum absolute atomic E-state index is 0.0696. The number of nitrogens with two attached hydrogens (primary N) is 1. The van der Waals surface area contributed by atoms with E-state index in [1.807, 2.05) is 36.2 Å². The Kier molecular flexibility index (Phi) is 3.97. The Balaban J connectivity index is 2.18.